The van der Waals surface area contributed by atoms with E-state index in [9.17, 15) is 14.9 Å². The summed E-state index contributed by atoms with van der Waals surface area (Å²) >= 11 is 0. The van der Waals surface area contributed by atoms with Gasteiger partial charge in [-0.05, 0) is 24.6 Å². The van der Waals surface area contributed by atoms with Gasteiger partial charge in [0.05, 0.1) is 29.0 Å². The predicted octanol–water partition coefficient (Wildman–Crippen LogP) is 2.98. The van der Waals surface area contributed by atoms with Gasteiger partial charge in [0.1, 0.15) is 5.82 Å². The smallest absolute Gasteiger partial charge is 0.278 e. The third-order valence-corrected chi connectivity index (χ3v) is 4.34. The first-order chi connectivity index (χ1) is 14.5. The van der Waals surface area contributed by atoms with Crippen LogP contribution < -0.4 is 5.32 Å². The van der Waals surface area contributed by atoms with Crippen molar-refractivity contribution in [3.05, 3.63) is 93.9 Å². The molecule has 0 fully saturated rings. The number of hydrogen-bond donors (Lipinski definition) is 1. The van der Waals surface area contributed by atoms with Gasteiger partial charge >= 0.3 is 0 Å². The predicted molar refractivity (Wildman–Crippen MR) is 108 cm³/mol. The van der Waals surface area contributed by atoms with Crippen molar-refractivity contribution in [3.63, 3.8) is 0 Å². The van der Waals surface area contributed by atoms with E-state index >= 15 is 0 Å². The van der Waals surface area contributed by atoms with Crippen molar-refractivity contribution in [2.45, 2.75) is 13.5 Å². The van der Waals surface area contributed by atoms with E-state index in [2.05, 4.69) is 20.7 Å². The van der Waals surface area contributed by atoms with Crippen LogP contribution in [0.4, 0.5) is 11.5 Å². The van der Waals surface area contributed by atoms with E-state index < -0.39 is 10.8 Å². The van der Waals surface area contributed by atoms with Crippen molar-refractivity contribution in [2.75, 3.05) is 5.32 Å². The molecule has 0 radical (unpaired) electrons. The Kier molecular flexibility index (Phi) is 5.04. The molecule has 0 spiro atoms. The molecule has 150 valence electrons. The molecule has 0 bridgehead atoms. The lowest BCUT2D eigenvalue weighted by atomic mass is 10.2. The molecule has 0 unspecified atom stereocenters. The van der Waals surface area contributed by atoms with E-state index in [0.29, 0.717) is 23.7 Å². The number of benzene rings is 2. The summed E-state index contributed by atoms with van der Waals surface area (Å²) in [5, 5.41) is 25.9. The van der Waals surface area contributed by atoms with Gasteiger partial charge in [-0.25, -0.2) is 9.36 Å². The second-order valence-electron chi connectivity index (χ2n) is 6.60. The number of carbonyl (C=O) groups is 1. The summed E-state index contributed by atoms with van der Waals surface area (Å²) < 4.78 is 3.09. The number of hydrogen-bond acceptors (Lipinski definition) is 6. The molecule has 0 saturated carbocycles. The summed E-state index contributed by atoms with van der Waals surface area (Å²) in [6.45, 7) is 2.29. The minimum absolute atomic E-state index is 0.0248. The molecular formula is C20H17N7O3. The maximum absolute atomic E-state index is 12.7. The van der Waals surface area contributed by atoms with Gasteiger partial charge in [-0.3, -0.25) is 14.9 Å². The molecular weight excluding hydrogens is 386 g/mol. The van der Waals surface area contributed by atoms with Crippen LogP contribution >= 0.6 is 0 Å². The Morgan fingerprint density at radius 2 is 1.87 bits per heavy atom. The number of rotatable bonds is 6. The molecule has 10 nitrogen and oxygen atoms in total. The van der Waals surface area contributed by atoms with E-state index in [1.165, 1.54) is 16.8 Å². The quantitative estimate of drug-likeness (QED) is 0.390. The fraction of sp³-hybridized carbons (Fsp3) is 0.100. The average molecular weight is 403 g/mol. The van der Waals surface area contributed by atoms with Crippen LogP contribution in [-0.2, 0) is 6.54 Å². The molecule has 0 atom stereocenters. The van der Waals surface area contributed by atoms with E-state index in [-0.39, 0.29) is 11.4 Å². The lowest BCUT2D eigenvalue weighted by Gasteiger charge is -2.07. The minimum Gasteiger partial charge on any atom is -0.305 e. The first-order valence-electron chi connectivity index (χ1n) is 9.06. The Labute approximate surface area is 170 Å². The normalized spacial score (nSPS) is 10.7. The van der Waals surface area contributed by atoms with Crippen molar-refractivity contribution in [2.24, 2.45) is 0 Å². The van der Waals surface area contributed by atoms with Crippen LogP contribution in [-0.4, -0.2) is 35.6 Å². The van der Waals surface area contributed by atoms with Gasteiger partial charge in [-0.2, -0.15) is 5.10 Å². The third-order valence-electron chi connectivity index (χ3n) is 4.34. The number of amides is 1. The van der Waals surface area contributed by atoms with E-state index in [0.717, 1.165) is 5.56 Å². The molecule has 2 aromatic carbocycles. The maximum Gasteiger partial charge on any atom is 0.278 e. The first-order valence-corrected chi connectivity index (χ1v) is 9.06. The van der Waals surface area contributed by atoms with Gasteiger partial charge in [0, 0.05) is 18.2 Å². The Morgan fingerprint density at radius 3 is 2.57 bits per heavy atom. The number of carbonyl (C=O) groups excluding carboxylic acids is 1. The molecule has 2 heterocycles. The van der Waals surface area contributed by atoms with Crippen molar-refractivity contribution in [3.8, 4) is 5.69 Å². The molecule has 0 aliphatic heterocycles. The Balaban J connectivity index is 1.52. The van der Waals surface area contributed by atoms with E-state index in [4.69, 9.17) is 0 Å². The number of anilines is 1. The highest BCUT2D eigenvalue weighted by atomic mass is 16.6. The zero-order valence-electron chi connectivity index (χ0n) is 16.0. The van der Waals surface area contributed by atoms with Crippen molar-refractivity contribution in [1.29, 1.82) is 0 Å². The minimum atomic E-state index is -0.473. The zero-order chi connectivity index (χ0) is 21.1. The molecule has 4 rings (SSSR count). The number of nitro groups is 1. The average Bonchev–Trinajstić information content (AvgIpc) is 3.35. The van der Waals surface area contributed by atoms with Crippen LogP contribution in [0.1, 0.15) is 21.7 Å². The van der Waals surface area contributed by atoms with E-state index in [1.54, 1.807) is 36.0 Å². The van der Waals surface area contributed by atoms with Gasteiger partial charge in [0.15, 0.2) is 5.69 Å². The van der Waals surface area contributed by atoms with Crippen LogP contribution in [0.3, 0.4) is 0 Å². The van der Waals surface area contributed by atoms with Gasteiger partial charge in [0.25, 0.3) is 11.6 Å². The number of nitrogens with one attached hydrogen (secondary N) is 1. The van der Waals surface area contributed by atoms with Crippen LogP contribution in [0.15, 0.2) is 66.9 Å². The van der Waals surface area contributed by atoms with Crippen LogP contribution in [0.5, 0.6) is 0 Å². The Hall–Kier alpha value is -4.34. The highest BCUT2D eigenvalue weighted by molar-refractivity contribution is 6.02. The van der Waals surface area contributed by atoms with Crippen LogP contribution in [0.2, 0.25) is 0 Å². The van der Waals surface area contributed by atoms with Crippen LogP contribution in [0.25, 0.3) is 5.69 Å². The Bertz CT molecular complexity index is 1200. The number of nitrogens with zero attached hydrogens (tertiary/aromatic N) is 6. The molecule has 30 heavy (non-hydrogen) atoms. The number of aromatic nitrogens is 5. The third kappa shape index (κ3) is 4.07. The van der Waals surface area contributed by atoms with Gasteiger partial charge in [-0.15, -0.1) is 5.10 Å². The van der Waals surface area contributed by atoms with Gasteiger partial charge in [-0.1, -0.05) is 35.5 Å². The summed E-state index contributed by atoms with van der Waals surface area (Å²) in [5.74, 6) is -0.0127. The van der Waals surface area contributed by atoms with Gasteiger partial charge < -0.3 is 5.32 Å². The second kappa shape index (κ2) is 7.95. The summed E-state index contributed by atoms with van der Waals surface area (Å²) in [4.78, 5) is 23.0. The number of non-ortho nitro benzene ring substituents is 1. The fourth-order valence-electron chi connectivity index (χ4n) is 2.93. The summed E-state index contributed by atoms with van der Waals surface area (Å²) in [5.41, 5.74) is 2.44. The second-order valence-corrected chi connectivity index (χ2v) is 6.60. The van der Waals surface area contributed by atoms with Gasteiger partial charge in [0.2, 0.25) is 0 Å². The molecule has 10 heteroatoms. The number of aryl methyl sites for hydroxylation is 1. The molecule has 0 saturated heterocycles. The topological polar surface area (TPSA) is 121 Å². The Morgan fingerprint density at radius 1 is 1.13 bits per heavy atom. The SMILES string of the molecule is Cc1cc(NC(=O)c2cn(Cc3ccccc3)nn2)n(-c2ccc([N+](=O)[O-])cc2)n1. The van der Waals surface area contributed by atoms with Crippen molar-refractivity contribution < 1.29 is 9.72 Å². The lowest BCUT2D eigenvalue weighted by molar-refractivity contribution is -0.384. The molecule has 1 amide bonds. The largest absolute Gasteiger partial charge is 0.305 e. The van der Waals surface area contributed by atoms with Crippen molar-refractivity contribution >= 4 is 17.4 Å². The zero-order valence-corrected chi connectivity index (χ0v) is 16.0. The molecule has 0 aliphatic carbocycles. The monoisotopic (exact) mass is 403 g/mol. The van der Waals surface area contributed by atoms with Crippen molar-refractivity contribution in [1.82, 2.24) is 24.8 Å². The summed E-state index contributed by atoms with van der Waals surface area (Å²) in [6.07, 6.45) is 1.57. The fourth-order valence-corrected chi connectivity index (χ4v) is 2.93. The highest BCUT2D eigenvalue weighted by Gasteiger charge is 2.16. The first kappa shape index (κ1) is 19.0. The van der Waals surface area contributed by atoms with E-state index in [1.807, 2.05) is 30.3 Å². The maximum atomic E-state index is 12.7. The van der Waals surface area contributed by atoms with Crippen LogP contribution in [0, 0.1) is 17.0 Å². The number of nitro benzene ring substituents is 1. The highest BCUT2D eigenvalue weighted by Crippen LogP contribution is 2.20. The summed E-state index contributed by atoms with van der Waals surface area (Å²) in [7, 11) is 0. The molecule has 4 aromatic rings. The lowest BCUT2D eigenvalue weighted by Crippen LogP contribution is -2.15. The molecule has 2 aromatic heterocycles. The molecule has 1 N–H and O–H groups in total. The summed E-state index contributed by atoms with van der Waals surface area (Å²) in [6, 6.07) is 17.3. The molecule has 0 aliphatic rings. The standard InChI is InChI=1S/C20H17N7O3/c1-14-11-19(26(23-14)16-7-9-17(10-8-16)27(29)30)21-20(28)18-13-25(24-22-18)12-15-5-3-2-4-6-15/h2-11,13H,12H2,1H3,(H,21,28).